The molecule has 7 aliphatic rings. The van der Waals surface area contributed by atoms with Gasteiger partial charge in [0.25, 0.3) is 0 Å². The Labute approximate surface area is 845 Å². The van der Waals surface area contributed by atoms with Crippen molar-refractivity contribution in [2.24, 2.45) is 0 Å². The molecule has 18 aromatic rings. The maximum atomic E-state index is 6.25. The lowest BCUT2D eigenvalue weighted by Gasteiger charge is -2.32. The summed E-state index contributed by atoms with van der Waals surface area (Å²) in [4.78, 5) is 52.2. The molecule has 4 saturated carbocycles. The lowest BCUT2D eigenvalue weighted by Crippen LogP contribution is -2.15. The van der Waals surface area contributed by atoms with Crippen molar-refractivity contribution >= 4 is 51.2 Å². The Bertz CT molecular complexity index is 7240. The van der Waals surface area contributed by atoms with Crippen LogP contribution in [0.25, 0.3) is 102 Å². The van der Waals surface area contributed by atoms with Gasteiger partial charge in [0.05, 0.1) is 34.1 Å². The largest absolute Gasteiger partial charge is 0.453 e. The number of aromatic nitrogens is 9. The van der Waals surface area contributed by atoms with Gasteiger partial charge in [-0.05, 0) is 265 Å². The third-order valence-corrected chi connectivity index (χ3v) is 29.9. The molecule has 3 aliphatic heterocycles. The Kier molecular flexibility index (Phi) is 25.7. The number of hydrogen-bond acceptors (Lipinski definition) is 15. The highest BCUT2D eigenvalue weighted by Crippen LogP contribution is 2.55. The first-order chi connectivity index (χ1) is 70.6. The SMILES string of the molecule is CC(C)(C)c1ccc(-c2nc(-c3ccc(N4c5ccccc5Oc5ccccc54)cc3)nc(-c3ccc(C(C)(C)C)cc3)n2)cc1.c1ccc2c(c1)Oc1ccccc1N2c1ccc(-c2nc(-c3ccc(C4CCCC4)cc3)nc(-c3ccc(C4CCCC4)cc3)n2)cc1.c1ccc2c(c1)Oc1ccccc1N2c1ccc(-c2nc(-c3ccc(C4CCCCC4)cc3)nc(-c3ccc(C4CCCCC4)cc3)n2)cc1. The van der Waals surface area contributed by atoms with Gasteiger partial charge in [-0.25, -0.2) is 44.9 Å². The predicted molar refractivity (Wildman–Crippen MR) is 584 cm³/mol. The average Bonchev–Trinajstić information content (AvgIpc) is 0.805. The second kappa shape index (κ2) is 40.3. The third-order valence-electron chi connectivity index (χ3n) is 29.9. The number of ether oxygens (including phenoxy) is 3. The van der Waals surface area contributed by atoms with Gasteiger partial charge in [-0.1, -0.05) is 324 Å². The molecule has 712 valence electrons. The molecule has 0 unspecified atom stereocenters. The van der Waals surface area contributed by atoms with Crippen LogP contribution in [0.4, 0.5) is 51.2 Å². The van der Waals surface area contributed by atoms with Gasteiger partial charge in [0.2, 0.25) is 0 Å². The molecular formula is C129H118N12O3. The van der Waals surface area contributed by atoms with Crippen LogP contribution in [0.1, 0.15) is 214 Å². The van der Waals surface area contributed by atoms with Crippen molar-refractivity contribution in [1.82, 2.24) is 44.9 Å². The van der Waals surface area contributed by atoms with Gasteiger partial charge in [-0.3, -0.25) is 0 Å². The number of anilines is 9. The average molecular weight is 1880 g/mol. The van der Waals surface area contributed by atoms with E-state index in [1.165, 1.54) is 149 Å². The van der Waals surface area contributed by atoms with Crippen LogP contribution < -0.4 is 28.9 Å². The summed E-state index contributed by atoms with van der Waals surface area (Å²) in [7, 11) is 0. The molecule has 0 radical (unpaired) electrons. The molecule has 25 rings (SSSR count). The number of fused-ring (bicyclic) bond motifs is 6. The van der Waals surface area contributed by atoms with Gasteiger partial charge >= 0.3 is 0 Å². The van der Waals surface area contributed by atoms with Crippen LogP contribution >= 0.6 is 0 Å². The van der Waals surface area contributed by atoms with E-state index in [9.17, 15) is 0 Å². The van der Waals surface area contributed by atoms with Crippen molar-refractivity contribution < 1.29 is 14.2 Å². The van der Waals surface area contributed by atoms with Crippen LogP contribution in [0.3, 0.4) is 0 Å². The molecule has 3 aromatic heterocycles. The molecule has 144 heavy (non-hydrogen) atoms. The minimum atomic E-state index is 0.0615. The molecule has 4 aliphatic carbocycles. The molecule has 4 fully saturated rings. The standard InChI is InChI=1S/C45H42N4O.C43H38N4O.C41H38N4O/c1-3-11-31(12-4-1)33-19-23-35(24-20-33)43-46-44(36-25-21-34(22-26-36)32-13-5-2-6-14-32)48-45(47-43)37-27-29-38(30-28-37)49-39-15-7-9-17-41(39)50-42-18-10-8-16-40(42)49;1-2-10-29(9-1)31-17-21-33(22-18-31)41-44-42(34-23-19-32(20-24-34)30-11-3-4-12-30)46-43(45-41)35-25-27-36(28-26-35)47-37-13-5-7-15-39(37)48-40-16-8-6-14-38(40)47;1-40(2,3)30-21-15-27(16-22-30)37-42-38(28-17-23-31(24-18-28)41(4,5)6)44-39(43-37)29-19-25-32(26-20-29)45-33-11-7-9-13-35(33)46-36-14-10-8-12-34(36)45/h7-10,15-32H,1-6,11-14H2;5-8,13-30H,1-4,9-12H2;7-26H,1-6H3. The first-order valence-corrected chi connectivity index (χ1v) is 51.8. The van der Waals surface area contributed by atoms with Crippen molar-refractivity contribution in [3.05, 3.63) is 397 Å². The fourth-order valence-corrected chi connectivity index (χ4v) is 21.8. The van der Waals surface area contributed by atoms with Crippen LogP contribution in [-0.4, -0.2) is 44.9 Å². The van der Waals surface area contributed by atoms with E-state index >= 15 is 0 Å². The molecule has 0 atom stereocenters. The minimum absolute atomic E-state index is 0.0615. The summed E-state index contributed by atoms with van der Waals surface area (Å²) in [5.74, 6) is 13.8. The van der Waals surface area contributed by atoms with Crippen LogP contribution in [0.15, 0.2) is 364 Å². The van der Waals surface area contributed by atoms with Gasteiger partial charge < -0.3 is 28.9 Å². The van der Waals surface area contributed by atoms with E-state index in [0.29, 0.717) is 76.1 Å². The van der Waals surface area contributed by atoms with E-state index in [4.69, 9.17) is 59.1 Å². The molecule has 0 saturated heterocycles. The lowest BCUT2D eigenvalue weighted by atomic mass is 9.84. The number of rotatable bonds is 16. The van der Waals surface area contributed by atoms with E-state index in [0.717, 1.165) is 136 Å². The summed E-state index contributed by atoms with van der Waals surface area (Å²) in [5.41, 5.74) is 26.3. The quantitative estimate of drug-likeness (QED) is 0.0901. The number of hydrogen-bond donors (Lipinski definition) is 0. The number of nitrogens with zero attached hydrogens (tertiary/aromatic N) is 12. The first kappa shape index (κ1) is 91.9. The molecule has 0 N–H and O–H groups in total. The van der Waals surface area contributed by atoms with Crippen LogP contribution in [0.5, 0.6) is 34.5 Å². The van der Waals surface area contributed by atoms with E-state index in [1.807, 2.05) is 97.1 Å². The highest BCUT2D eigenvalue weighted by Gasteiger charge is 2.32. The summed E-state index contributed by atoms with van der Waals surface area (Å²) < 4.78 is 18.7. The molecule has 15 nitrogen and oxygen atoms in total. The zero-order chi connectivity index (χ0) is 97.2. The van der Waals surface area contributed by atoms with Crippen molar-refractivity contribution in [3.63, 3.8) is 0 Å². The third kappa shape index (κ3) is 19.5. The van der Waals surface area contributed by atoms with Gasteiger partial charge in [0.1, 0.15) is 0 Å². The Morgan fingerprint density at radius 3 is 0.507 bits per heavy atom. The van der Waals surface area contributed by atoms with Gasteiger partial charge in [0, 0.05) is 67.1 Å². The first-order valence-electron chi connectivity index (χ1n) is 51.8. The maximum absolute atomic E-state index is 6.25. The number of para-hydroxylation sites is 12. The van der Waals surface area contributed by atoms with Crippen molar-refractivity contribution in [1.29, 1.82) is 0 Å². The zero-order valence-corrected chi connectivity index (χ0v) is 82.8. The van der Waals surface area contributed by atoms with Crippen LogP contribution in [0.2, 0.25) is 0 Å². The highest BCUT2D eigenvalue weighted by atomic mass is 16.5. The van der Waals surface area contributed by atoms with Crippen molar-refractivity contribution in [3.8, 4) is 137 Å². The van der Waals surface area contributed by atoms with Gasteiger partial charge in [0.15, 0.2) is 86.9 Å². The molecule has 0 spiro atoms. The summed E-state index contributed by atoms with van der Waals surface area (Å²) in [6.07, 6.45) is 23.6. The van der Waals surface area contributed by atoms with Crippen LogP contribution in [-0.2, 0) is 10.8 Å². The molecule has 6 heterocycles. The van der Waals surface area contributed by atoms with E-state index in [1.54, 1.807) is 0 Å². The fraction of sp³-hybridized carbons (Fsp3) is 0.233. The molecule has 0 bridgehead atoms. The van der Waals surface area contributed by atoms with Crippen LogP contribution in [0, 0.1) is 0 Å². The second-order valence-corrected chi connectivity index (χ2v) is 41.5. The Morgan fingerprint density at radius 2 is 0.333 bits per heavy atom. The summed E-state index contributed by atoms with van der Waals surface area (Å²) in [6.45, 7) is 13.3. The van der Waals surface area contributed by atoms with E-state index < -0.39 is 0 Å². The topological polar surface area (TPSA) is 153 Å². The van der Waals surface area contributed by atoms with Crippen molar-refractivity contribution in [2.75, 3.05) is 14.7 Å². The smallest absolute Gasteiger partial charge is 0.164 e. The maximum Gasteiger partial charge on any atom is 0.164 e. The molecule has 15 aromatic carbocycles. The van der Waals surface area contributed by atoms with E-state index in [-0.39, 0.29) is 10.8 Å². The van der Waals surface area contributed by atoms with Crippen molar-refractivity contribution in [2.45, 2.75) is 192 Å². The molecule has 15 heteroatoms. The van der Waals surface area contributed by atoms with E-state index in [2.05, 4.69) is 323 Å². The summed E-state index contributed by atoms with van der Waals surface area (Å²) >= 11 is 0. The Hall–Kier alpha value is -15.9. The Balaban J connectivity index is 0.000000120. The normalized spacial score (nSPS) is 15.1. The Morgan fingerprint density at radius 1 is 0.181 bits per heavy atom. The summed E-state index contributed by atoms with van der Waals surface area (Å²) in [5, 5.41) is 0. The fourth-order valence-electron chi connectivity index (χ4n) is 21.8. The summed E-state index contributed by atoms with van der Waals surface area (Å²) in [6, 6.07) is 127. The second-order valence-electron chi connectivity index (χ2n) is 41.5. The monoisotopic (exact) mass is 1880 g/mol. The minimum Gasteiger partial charge on any atom is -0.453 e. The number of benzene rings is 15. The van der Waals surface area contributed by atoms with Gasteiger partial charge in [-0.15, -0.1) is 0 Å². The lowest BCUT2D eigenvalue weighted by molar-refractivity contribution is 0.443. The molecule has 0 amide bonds. The highest BCUT2D eigenvalue weighted by molar-refractivity contribution is 5.90. The van der Waals surface area contributed by atoms with Gasteiger partial charge in [-0.2, -0.15) is 0 Å². The molecular weight excluding hydrogens is 1770 g/mol. The zero-order valence-electron chi connectivity index (χ0n) is 82.8. The predicted octanol–water partition coefficient (Wildman–Crippen LogP) is 35.3.